The van der Waals surface area contributed by atoms with Crippen molar-refractivity contribution in [2.45, 2.75) is 31.0 Å². The Hall–Kier alpha value is -3.83. The molecule has 2 atom stereocenters. The highest BCUT2D eigenvalue weighted by atomic mass is 16.6. The molecule has 2 aliphatic rings. The van der Waals surface area contributed by atoms with E-state index in [-0.39, 0.29) is 12.5 Å². The fraction of sp³-hybridized carbons (Fsp3) is 0.348. The van der Waals surface area contributed by atoms with Gasteiger partial charge in [-0.15, -0.1) is 0 Å². The maximum absolute atomic E-state index is 13.0. The zero-order valence-electron chi connectivity index (χ0n) is 18.5. The molecule has 1 aliphatic carbocycles. The molecule has 0 aromatic carbocycles. The largest absolute Gasteiger partial charge is 0.483 e. The van der Waals surface area contributed by atoms with Crippen molar-refractivity contribution in [3.8, 4) is 17.5 Å². The second-order valence-electron chi connectivity index (χ2n) is 8.00. The second-order valence-corrected chi connectivity index (χ2v) is 8.00. The van der Waals surface area contributed by atoms with Crippen LogP contribution in [-0.4, -0.2) is 62.9 Å². The lowest BCUT2D eigenvalue weighted by atomic mass is 9.87. The number of ether oxygens (including phenoxy) is 3. The third-order valence-corrected chi connectivity index (χ3v) is 5.72. The number of hydrogen-bond donors (Lipinski definition) is 3. The predicted octanol–water partition coefficient (Wildman–Crippen LogP) is 1.38. The van der Waals surface area contributed by atoms with E-state index in [0.29, 0.717) is 66.2 Å². The van der Waals surface area contributed by atoms with Gasteiger partial charge < -0.3 is 30.0 Å². The smallest absolute Gasteiger partial charge is 0.260 e. The van der Waals surface area contributed by atoms with Gasteiger partial charge in [-0.2, -0.15) is 4.98 Å². The van der Waals surface area contributed by atoms with Crippen LogP contribution < -0.4 is 24.8 Å². The predicted molar refractivity (Wildman–Crippen MR) is 122 cm³/mol. The van der Waals surface area contributed by atoms with Crippen molar-refractivity contribution in [3.63, 3.8) is 0 Å². The van der Waals surface area contributed by atoms with Gasteiger partial charge in [0.2, 0.25) is 5.88 Å². The maximum Gasteiger partial charge on any atom is 0.260 e. The normalized spacial score (nSPS) is 21.3. The van der Waals surface area contributed by atoms with Crippen molar-refractivity contribution in [1.82, 2.24) is 25.3 Å². The highest BCUT2D eigenvalue weighted by Crippen LogP contribution is 2.28. The lowest BCUT2D eigenvalue weighted by Gasteiger charge is -2.30. The molecule has 3 N–H and O–H groups in total. The Morgan fingerprint density at radius 3 is 2.94 bits per heavy atom. The van der Waals surface area contributed by atoms with E-state index in [4.69, 9.17) is 14.2 Å². The van der Waals surface area contributed by atoms with E-state index in [1.807, 2.05) is 0 Å². The number of carbonyl (C=O) groups is 1. The molecular formula is C23H24N6O5. The number of nitrogens with one attached hydrogen (secondary N) is 2. The van der Waals surface area contributed by atoms with Crippen LogP contribution in [0.5, 0.6) is 17.5 Å². The Kier molecular flexibility index (Phi) is 5.95. The van der Waals surface area contributed by atoms with Gasteiger partial charge in [-0.3, -0.25) is 9.78 Å². The minimum atomic E-state index is -1.64. The first-order valence-corrected chi connectivity index (χ1v) is 10.9. The molecule has 0 saturated carbocycles. The molecular weight excluding hydrogens is 440 g/mol. The number of anilines is 1. The molecule has 11 nitrogen and oxygen atoms in total. The Balaban J connectivity index is 1.23. The van der Waals surface area contributed by atoms with Crippen molar-refractivity contribution >= 4 is 22.6 Å². The standard InChI is InChI=1S/C23H24N6O5/c1-32-19-3-2-15-20(29-19)16(6-9-24-15)27-22(30)23(31)7-4-14(5-8-23)25-13-18-26-12-17-21(28-18)34-11-10-33-17/h2-4,6-7,9,12,14,25,31H,5,8,10-11,13H2,1H3,(H,24,27,30). The molecule has 2 unspecified atom stereocenters. The molecule has 0 radical (unpaired) electrons. The fourth-order valence-corrected chi connectivity index (χ4v) is 3.83. The van der Waals surface area contributed by atoms with Crippen molar-refractivity contribution in [2.24, 2.45) is 0 Å². The molecule has 11 heteroatoms. The molecule has 0 saturated heterocycles. The van der Waals surface area contributed by atoms with E-state index in [1.54, 1.807) is 36.7 Å². The summed E-state index contributed by atoms with van der Waals surface area (Å²) in [5, 5.41) is 17.1. The Morgan fingerprint density at radius 1 is 1.24 bits per heavy atom. The second kappa shape index (κ2) is 9.20. The molecule has 4 heterocycles. The van der Waals surface area contributed by atoms with Gasteiger partial charge in [0.05, 0.1) is 31.1 Å². The first-order valence-electron chi connectivity index (χ1n) is 10.9. The van der Waals surface area contributed by atoms with E-state index < -0.39 is 11.5 Å². The first-order chi connectivity index (χ1) is 16.5. The van der Waals surface area contributed by atoms with Crippen molar-refractivity contribution in [1.29, 1.82) is 0 Å². The summed E-state index contributed by atoms with van der Waals surface area (Å²) in [5.41, 5.74) is -0.0974. The molecule has 0 fully saturated rings. The van der Waals surface area contributed by atoms with Crippen LogP contribution in [0.1, 0.15) is 18.7 Å². The first kappa shape index (κ1) is 22.0. The number of nitrogens with zero attached hydrogens (tertiary/aromatic N) is 4. The summed E-state index contributed by atoms with van der Waals surface area (Å²) in [6.45, 7) is 1.36. The molecule has 1 amide bonds. The molecule has 34 heavy (non-hydrogen) atoms. The lowest BCUT2D eigenvalue weighted by molar-refractivity contribution is -0.130. The summed E-state index contributed by atoms with van der Waals surface area (Å²) in [7, 11) is 1.52. The zero-order chi connectivity index (χ0) is 23.5. The minimum absolute atomic E-state index is 0.0439. The average molecular weight is 464 g/mol. The zero-order valence-corrected chi connectivity index (χ0v) is 18.5. The van der Waals surface area contributed by atoms with Crippen LogP contribution in [0.4, 0.5) is 5.69 Å². The lowest BCUT2D eigenvalue weighted by Crippen LogP contribution is -2.45. The number of carbonyl (C=O) groups excluding carboxylic acids is 1. The van der Waals surface area contributed by atoms with Crippen molar-refractivity contribution in [3.05, 3.63) is 48.6 Å². The Morgan fingerprint density at radius 2 is 2.12 bits per heavy atom. The van der Waals surface area contributed by atoms with Crippen LogP contribution >= 0.6 is 0 Å². The van der Waals surface area contributed by atoms with Crippen LogP contribution in [-0.2, 0) is 11.3 Å². The molecule has 0 bridgehead atoms. The quantitative estimate of drug-likeness (QED) is 0.458. The van der Waals surface area contributed by atoms with Gasteiger partial charge in [-0.1, -0.05) is 6.08 Å². The summed E-state index contributed by atoms with van der Waals surface area (Å²) < 4.78 is 16.1. The number of fused-ring (bicyclic) bond motifs is 2. The molecule has 5 rings (SSSR count). The number of hydrogen-bond acceptors (Lipinski definition) is 10. The molecule has 3 aromatic rings. The highest BCUT2D eigenvalue weighted by molar-refractivity contribution is 6.03. The number of aromatic nitrogens is 4. The number of methoxy groups -OCH3 is 1. The van der Waals surface area contributed by atoms with E-state index in [0.717, 1.165) is 0 Å². The SMILES string of the molecule is COc1ccc2nccc(NC(=O)C3(O)C=CC(NCc4ncc5c(n4)OCCO5)CC3)c2n1. The van der Waals surface area contributed by atoms with Gasteiger partial charge in [-0.25, -0.2) is 9.97 Å². The van der Waals surface area contributed by atoms with E-state index >= 15 is 0 Å². The summed E-state index contributed by atoms with van der Waals surface area (Å²) in [4.78, 5) is 30.2. The maximum atomic E-state index is 13.0. The third kappa shape index (κ3) is 4.47. The van der Waals surface area contributed by atoms with Gasteiger partial charge >= 0.3 is 0 Å². The topological polar surface area (TPSA) is 141 Å². The third-order valence-electron chi connectivity index (χ3n) is 5.72. The van der Waals surface area contributed by atoms with Gasteiger partial charge in [0.15, 0.2) is 11.4 Å². The van der Waals surface area contributed by atoms with Crippen LogP contribution in [0.25, 0.3) is 11.0 Å². The monoisotopic (exact) mass is 464 g/mol. The van der Waals surface area contributed by atoms with Crippen LogP contribution in [0.3, 0.4) is 0 Å². The molecule has 176 valence electrons. The van der Waals surface area contributed by atoms with Gasteiger partial charge in [0.25, 0.3) is 11.8 Å². The number of aliphatic hydroxyl groups is 1. The van der Waals surface area contributed by atoms with Gasteiger partial charge in [0.1, 0.15) is 24.6 Å². The van der Waals surface area contributed by atoms with Gasteiger partial charge in [0, 0.05) is 18.3 Å². The van der Waals surface area contributed by atoms with Crippen LogP contribution in [0.2, 0.25) is 0 Å². The van der Waals surface area contributed by atoms with Gasteiger partial charge in [-0.05, 0) is 31.1 Å². The highest BCUT2D eigenvalue weighted by Gasteiger charge is 2.36. The van der Waals surface area contributed by atoms with E-state index in [9.17, 15) is 9.90 Å². The molecule has 3 aromatic heterocycles. The Labute approximate surface area is 195 Å². The van der Waals surface area contributed by atoms with Crippen LogP contribution in [0, 0.1) is 0 Å². The summed E-state index contributed by atoms with van der Waals surface area (Å²) in [6.07, 6.45) is 7.28. The summed E-state index contributed by atoms with van der Waals surface area (Å²) in [5.74, 6) is 1.43. The molecule has 0 spiro atoms. The van der Waals surface area contributed by atoms with Crippen LogP contribution in [0.15, 0.2) is 42.7 Å². The van der Waals surface area contributed by atoms with Crippen molar-refractivity contribution in [2.75, 3.05) is 25.6 Å². The Bertz CT molecular complexity index is 1250. The number of pyridine rings is 2. The van der Waals surface area contributed by atoms with E-state index in [1.165, 1.54) is 13.2 Å². The average Bonchev–Trinajstić information content (AvgIpc) is 2.88. The minimum Gasteiger partial charge on any atom is -0.483 e. The summed E-state index contributed by atoms with van der Waals surface area (Å²) >= 11 is 0. The molecule has 1 aliphatic heterocycles. The number of amides is 1. The van der Waals surface area contributed by atoms with E-state index in [2.05, 4.69) is 30.6 Å². The van der Waals surface area contributed by atoms with Crippen molar-refractivity contribution < 1.29 is 24.1 Å². The fourth-order valence-electron chi connectivity index (χ4n) is 3.83. The number of rotatable bonds is 6. The summed E-state index contributed by atoms with van der Waals surface area (Å²) in [6, 6.07) is 5.05.